The topological polar surface area (TPSA) is 58.6 Å². The number of carboxylic acid groups (broad SMARTS) is 1. The first-order valence-corrected chi connectivity index (χ1v) is 7.28. The lowest BCUT2D eigenvalue weighted by Gasteiger charge is -2.13. The molecule has 1 atom stereocenters. The zero-order valence-corrected chi connectivity index (χ0v) is 12.0. The lowest BCUT2D eigenvalue weighted by Crippen LogP contribution is -2.24. The smallest absolute Gasteiger partial charge is 0.339 e. The number of benzene rings is 1. The Kier molecular flexibility index (Phi) is 5.15. The van der Waals surface area contributed by atoms with E-state index < -0.39 is 5.97 Å². The fourth-order valence-electron chi connectivity index (χ4n) is 1.84. The Morgan fingerprint density at radius 3 is 2.85 bits per heavy atom. The fourth-order valence-corrected chi connectivity index (χ4v) is 2.60. The zero-order chi connectivity index (χ0) is 14.4. The zero-order valence-electron chi connectivity index (χ0n) is 11.2. The lowest BCUT2D eigenvalue weighted by atomic mass is 10.2. The van der Waals surface area contributed by atoms with Crippen LogP contribution >= 0.6 is 11.3 Å². The summed E-state index contributed by atoms with van der Waals surface area (Å²) in [7, 11) is 0. The van der Waals surface area contributed by atoms with E-state index in [1.807, 2.05) is 11.4 Å². The van der Waals surface area contributed by atoms with Crippen LogP contribution in [-0.4, -0.2) is 24.2 Å². The molecular weight excluding hydrogens is 274 g/mol. The lowest BCUT2D eigenvalue weighted by molar-refractivity contribution is 0.0692. The fraction of sp³-hybridized carbons (Fsp3) is 0.267. The number of thiophene rings is 1. The number of hydrogen-bond donors (Lipinski definition) is 2. The molecule has 0 amide bonds. The van der Waals surface area contributed by atoms with Crippen molar-refractivity contribution >= 4 is 17.3 Å². The summed E-state index contributed by atoms with van der Waals surface area (Å²) in [5.41, 5.74) is 0.193. The van der Waals surface area contributed by atoms with Gasteiger partial charge in [0.1, 0.15) is 17.9 Å². The Morgan fingerprint density at radius 1 is 1.35 bits per heavy atom. The molecule has 0 spiro atoms. The minimum absolute atomic E-state index is 0.193. The Bertz CT molecular complexity index is 554. The van der Waals surface area contributed by atoms with Crippen molar-refractivity contribution in [2.75, 3.05) is 13.2 Å². The molecule has 1 heterocycles. The molecule has 0 aliphatic carbocycles. The summed E-state index contributed by atoms with van der Waals surface area (Å²) in [5, 5.41) is 14.4. The molecule has 0 unspecified atom stereocenters. The van der Waals surface area contributed by atoms with Crippen molar-refractivity contribution in [3.05, 3.63) is 52.2 Å². The SMILES string of the molecule is C[C@@H](NCCOc1ccccc1C(=O)O)c1cccs1. The highest BCUT2D eigenvalue weighted by molar-refractivity contribution is 7.10. The molecule has 2 N–H and O–H groups in total. The second kappa shape index (κ2) is 7.07. The number of aromatic carboxylic acids is 1. The molecule has 1 aromatic carbocycles. The number of hydrogen-bond acceptors (Lipinski definition) is 4. The van der Waals surface area contributed by atoms with Crippen LogP contribution in [0.2, 0.25) is 0 Å². The minimum Gasteiger partial charge on any atom is -0.491 e. The molecule has 0 aliphatic heterocycles. The second-order valence-corrected chi connectivity index (χ2v) is 5.32. The number of para-hydroxylation sites is 1. The normalized spacial score (nSPS) is 12.1. The summed E-state index contributed by atoms with van der Waals surface area (Å²) in [6, 6.07) is 11.1. The van der Waals surface area contributed by atoms with Crippen molar-refractivity contribution in [1.29, 1.82) is 0 Å². The minimum atomic E-state index is -0.972. The van der Waals surface area contributed by atoms with Crippen LogP contribution in [0, 0.1) is 0 Å². The maximum atomic E-state index is 11.0. The number of nitrogens with one attached hydrogen (secondary N) is 1. The molecule has 5 heteroatoms. The molecule has 0 saturated carbocycles. The van der Waals surface area contributed by atoms with Crippen molar-refractivity contribution < 1.29 is 14.6 Å². The molecule has 20 heavy (non-hydrogen) atoms. The van der Waals surface area contributed by atoms with E-state index in [-0.39, 0.29) is 11.6 Å². The van der Waals surface area contributed by atoms with Gasteiger partial charge in [0, 0.05) is 17.5 Å². The van der Waals surface area contributed by atoms with Crippen LogP contribution in [0.5, 0.6) is 5.75 Å². The van der Waals surface area contributed by atoms with Crippen LogP contribution < -0.4 is 10.1 Å². The van der Waals surface area contributed by atoms with Crippen LogP contribution in [-0.2, 0) is 0 Å². The first-order valence-electron chi connectivity index (χ1n) is 6.40. The van der Waals surface area contributed by atoms with Crippen molar-refractivity contribution in [1.82, 2.24) is 5.32 Å². The first kappa shape index (κ1) is 14.6. The molecule has 0 aliphatic rings. The van der Waals surface area contributed by atoms with Crippen LogP contribution in [0.15, 0.2) is 41.8 Å². The van der Waals surface area contributed by atoms with Crippen LogP contribution in [0.25, 0.3) is 0 Å². The highest BCUT2D eigenvalue weighted by Crippen LogP contribution is 2.19. The molecule has 0 bridgehead atoms. The molecule has 2 rings (SSSR count). The van der Waals surface area contributed by atoms with Crippen LogP contribution in [0.3, 0.4) is 0 Å². The second-order valence-electron chi connectivity index (χ2n) is 4.34. The maximum absolute atomic E-state index is 11.0. The van der Waals surface area contributed by atoms with Gasteiger partial charge in [-0.05, 0) is 30.5 Å². The summed E-state index contributed by atoms with van der Waals surface area (Å²) in [6.45, 7) is 3.18. The van der Waals surface area contributed by atoms with Gasteiger partial charge in [-0.15, -0.1) is 11.3 Å². The quantitative estimate of drug-likeness (QED) is 0.769. The van der Waals surface area contributed by atoms with Gasteiger partial charge in [-0.25, -0.2) is 4.79 Å². The number of carbonyl (C=O) groups is 1. The van der Waals surface area contributed by atoms with Gasteiger partial charge in [-0.1, -0.05) is 18.2 Å². The third-order valence-electron chi connectivity index (χ3n) is 2.90. The van der Waals surface area contributed by atoms with Gasteiger partial charge in [0.05, 0.1) is 0 Å². The van der Waals surface area contributed by atoms with E-state index in [2.05, 4.69) is 18.3 Å². The Labute approximate surface area is 122 Å². The van der Waals surface area contributed by atoms with Crippen LogP contribution in [0.4, 0.5) is 0 Å². The van der Waals surface area contributed by atoms with Gasteiger partial charge >= 0.3 is 5.97 Å². The summed E-state index contributed by atoms with van der Waals surface area (Å²) in [4.78, 5) is 12.3. The van der Waals surface area contributed by atoms with Crippen molar-refractivity contribution in [3.8, 4) is 5.75 Å². The molecule has 4 nitrogen and oxygen atoms in total. The Balaban J connectivity index is 1.80. The monoisotopic (exact) mass is 291 g/mol. The van der Waals surface area contributed by atoms with Gasteiger partial charge in [0.25, 0.3) is 0 Å². The summed E-state index contributed by atoms with van der Waals surface area (Å²) >= 11 is 1.71. The summed E-state index contributed by atoms with van der Waals surface area (Å²) < 4.78 is 5.53. The molecule has 0 fully saturated rings. The summed E-state index contributed by atoms with van der Waals surface area (Å²) in [6.07, 6.45) is 0. The van der Waals surface area contributed by atoms with E-state index in [0.29, 0.717) is 18.9 Å². The van der Waals surface area contributed by atoms with E-state index in [4.69, 9.17) is 9.84 Å². The van der Waals surface area contributed by atoms with E-state index in [1.165, 1.54) is 4.88 Å². The highest BCUT2D eigenvalue weighted by Gasteiger charge is 2.10. The molecule has 0 radical (unpaired) electrons. The Hall–Kier alpha value is -1.85. The van der Waals surface area contributed by atoms with Gasteiger partial charge in [-0.3, -0.25) is 0 Å². The molecule has 0 saturated heterocycles. The Morgan fingerprint density at radius 2 is 2.15 bits per heavy atom. The van der Waals surface area contributed by atoms with Gasteiger partial charge in [0.15, 0.2) is 0 Å². The maximum Gasteiger partial charge on any atom is 0.339 e. The van der Waals surface area contributed by atoms with Gasteiger partial charge in [0.2, 0.25) is 0 Å². The highest BCUT2D eigenvalue weighted by atomic mass is 32.1. The number of ether oxygens (including phenoxy) is 1. The van der Waals surface area contributed by atoms with Crippen LogP contribution in [0.1, 0.15) is 28.2 Å². The molecule has 1 aromatic heterocycles. The molecule has 106 valence electrons. The van der Waals surface area contributed by atoms with Gasteiger partial charge in [-0.2, -0.15) is 0 Å². The van der Waals surface area contributed by atoms with Crippen molar-refractivity contribution in [2.45, 2.75) is 13.0 Å². The van der Waals surface area contributed by atoms with Crippen molar-refractivity contribution in [3.63, 3.8) is 0 Å². The average Bonchev–Trinajstić information content (AvgIpc) is 2.98. The van der Waals surface area contributed by atoms with E-state index >= 15 is 0 Å². The predicted molar refractivity (Wildman–Crippen MR) is 79.6 cm³/mol. The van der Waals surface area contributed by atoms with E-state index in [1.54, 1.807) is 35.6 Å². The first-order chi connectivity index (χ1) is 9.68. The molecule has 2 aromatic rings. The van der Waals surface area contributed by atoms with Crippen molar-refractivity contribution in [2.24, 2.45) is 0 Å². The number of rotatable bonds is 7. The van der Waals surface area contributed by atoms with E-state index in [0.717, 1.165) is 0 Å². The number of carboxylic acids is 1. The summed E-state index contributed by atoms with van der Waals surface area (Å²) in [5.74, 6) is -0.564. The van der Waals surface area contributed by atoms with Gasteiger partial charge < -0.3 is 15.2 Å². The third kappa shape index (κ3) is 3.82. The standard InChI is InChI=1S/C15H17NO3S/c1-11(14-7-4-10-20-14)16-8-9-19-13-6-3-2-5-12(13)15(17)18/h2-7,10-11,16H,8-9H2,1H3,(H,17,18)/t11-/m1/s1. The average molecular weight is 291 g/mol. The third-order valence-corrected chi connectivity index (χ3v) is 3.95. The largest absolute Gasteiger partial charge is 0.491 e. The molecular formula is C15H17NO3S. The van der Waals surface area contributed by atoms with E-state index in [9.17, 15) is 4.79 Å². The predicted octanol–water partition coefficient (Wildman–Crippen LogP) is 3.18.